The number of primary sulfonamides is 1. The molecule has 2 aromatic carbocycles. The number of halogens is 2. The molecule has 26 heavy (non-hydrogen) atoms. The number of sulfonamides is 1. The lowest BCUT2D eigenvalue weighted by Gasteiger charge is -2.12. The Bertz CT molecular complexity index is 825. The van der Waals surface area contributed by atoms with Gasteiger partial charge < -0.3 is 10.6 Å². The third-order valence-corrected chi connectivity index (χ3v) is 4.48. The number of guanidine groups is 1. The Morgan fingerprint density at radius 2 is 1.62 bits per heavy atom. The summed E-state index contributed by atoms with van der Waals surface area (Å²) in [5, 5.41) is 11.4. The first-order valence-corrected chi connectivity index (χ1v) is 9.24. The Labute approximate surface area is 170 Å². The highest BCUT2D eigenvalue weighted by Gasteiger charge is 2.06. The van der Waals surface area contributed by atoms with Crippen LogP contribution in [0, 0.1) is 5.82 Å². The van der Waals surface area contributed by atoms with Gasteiger partial charge in [0.05, 0.1) is 4.90 Å². The molecule has 142 valence electrons. The molecular weight excluding hydrogens is 470 g/mol. The van der Waals surface area contributed by atoms with E-state index in [1.165, 1.54) is 24.3 Å². The Hall–Kier alpha value is -1.72. The monoisotopic (exact) mass is 492 g/mol. The predicted molar refractivity (Wildman–Crippen MR) is 112 cm³/mol. The number of hydrogen-bond donors (Lipinski definition) is 3. The summed E-state index contributed by atoms with van der Waals surface area (Å²) in [6.07, 6.45) is 0.740. The maximum atomic E-state index is 12.9. The highest BCUT2D eigenvalue weighted by molar-refractivity contribution is 14.0. The first-order chi connectivity index (χ1) is 11.9. The molecule has 0 heterocycles. The van der Waals surface area contributed by atoms with Crippen LogP contribution in [-0.2, 0) is 23.0 Å². The average molecular weight is 492 g/mol. The van der Waals surface area contributed by atoms with Crippen molar-refractivity contribution in [2.75, 3.05) is 13.6 Å². The number of nitrogens with two attached hydrogens (primary N) is 1. The van der Waals surface area contributed by atoms with Crippen molar-refractivity contribution in [3.63, 3.8) is 0 Å². The molecule has 0 aromatic heterocycles. The summed E-state index contributed by atoms with van der Waals surface area (Å²) in [6.45, 7) is 1.14. The molecule has 0 amide bonds. The molecule has 0 saturated carbocycles. The summed E-state index contributed by atoms with van der Waals surface area (Å²) in [4.78, 5) is 4.21. The zero-order valence-corrected chi connectivity index (χ0v) is 17.4. The van der Waals surface area contributed by atoms with Crippen molar-refractivity contribution in [3.05, 3.63) is 65.5 Å². The fourth-order valence-corrected chi connectivity index (χ4v) is 2.70. The van der Waals surface area contributed by atoms with E-state index >= 15 is 0 Å². The summed E-state index contributed by atoms with van der Waals surface area (Å²) >= 11 is 0. The number of aliphatic imine (C=N–C) groups is 1. The lowest BCUT2D eigenvalue weighted by atomic mass is 10.1. The highest BCUT2D eigenvalue weighted by Crippen LogP contribution is 2.08. The van der Waals surface area contributed by atoms with E-state index in [1.807, 2.05) is 0 Å². The average Bonchev–Trinajstić information content (AvgIpc) is 2.59. The van der Waals surface area contributed by atoms with Gasteiger partial charge in [-0.1, -0.05) is 24.3 Å². The predicted octanol–water partition coefficient (Wildman–Crippen LogP) is 2.00. The SMILES string of the molecule is CN=C(NCCc1ccc(F)cc1)NCc1ccc(S(N)(=O)=O)cc1.I. The molecular formula is C17H22FIN4O2S. The van der Waals surface area contributed by atoms with Crippen LogP contribution in [0.3, 0.4) is 0 Å². The van der Waals surface area contributed by atoms with Crippen molar-refractivity contribution in [1.29, 1.82) is 0 Å². The van der Waals surface area contributed by atoms with E-state index in [4.69, 9.17) is 5.14 Å². The van der Waals surface area contributed by atoms with E-state index in [2.05, 4.69) is 15.6 Å². The molecule has 0 bridgehead atoms. The lowest BCUT2D eigenvalue weighted by molar-refractivity contribution is 0.597. The fraction of sp³-hybridized carbons (Fsp3) is 0.235. The highest BCUT2D eigenvalue weighted by atomic mass is 127. The van der Waals surface area contributed by atoms with Gasteiger partial charge in [0, 0.05) is 20.1 Å². The number of hydrogen-bond acceptors (Lipinski definition) is 3. The summed E-state index contributed by atoms with van der Waals surface area (Å²) in [6, 6.07) is 12.7. The topological polar surface area (TPSA) is 96.6 Å². The van der Waals surface area contributed by atoms with E-state index in [-0.39, 0.29) is 34.7 Å². The molecule has 0 saturated heterocycles. The van der Waals surface area contributed by atoms with Gasteiger partial charge in [0.2, 0.25) is 10.0 Å². The fourth-order valence-electron chi connectivity index (χ4n) is 2.18. The Balaban J connectivity index is 0.00000338. The molecule has 4 N–H and O–H groups in total. The van der Waals surface area contributed by atoms with Crippen LogP contribution in [0.15, 0.2) is 58.4 Å². The van der Waals surface area contributed by atoms with Crippen molar-refractivity contribution < 1.29 is 12.8 Å². The van der Waals surface area contributed by atoms with Gasteiger partial charge in [0.1, 0.15) is 5.82 Å². The molecule has 0 aliphatic rings. The van der Waals surface area contributed by atoms with Crippen LogP contribution in [0.5, 0.6) is 0 Å². The second-order valence-electron chi connectivity index (χ2n) is 5.42. The van der Waals surface area contributed by atoms with Gasteiger partial charge >= 0.3 is 0 Å². The van der Waals surface area contributed by atoms with Crippen molar-refractivity contribution in [1.82, 2.24) is 10.6 Å². The van der Waals surface area contributed by atoms with Gasteiger partial charge in [-0.15, -0.1) is 24.0 Å². The largest absolute Gasteiger partial charge is 0.356 e. The molecule has 0 aliphatic heterocycles. The van der Waals surface area contributed by atoms with Crippen molar-refractivity contribution in [2.24, 2.45) is 10.1 Å². The molecule has 9 heteroatoms. The third-order valence-electron chi connectivity index (χ3n) is 3.55. The van der Waals surface area contributed by atoms with Crippen molar-refractivity contribution in [2.45, 2.75) is 17.9 Å². The van der Waals surface area contributed by atoms with E-state index in [0.717, 1.165) is 17.5 Å². The lowest BCUT2D eigenvalue weighted by Crippen LogP contribution is -2.37. The number of nitrogens with one attached hydrogen (secondary N) is 2. The Kier molecular flexibility index (Phi) is 8.96. The normalized spacial score (nSPS) is 11.6. The summed E-state index contributed by atoms with van der Waals surface area (Å²) < 4.78 is 35.3. The van der Waals surface area contributed by atoms with Crippen molar-refractivity contribution in [3.8, 4) is 0 Å². The molecule has 6 nitrogen and oxygen atoms in total. The second kappa shape index (κ2) is 10.4. The van der Waals surface area contributed by atoms with E-state index in [1.54, 1.807) is 31.3 Å². The molecule has 0 radical (unpaired) electrons. The molecule has 0 unspecified atom stereocenters. The van der Waals surface area contributed by atoms with E-state index in [9.17, 15) is 12.8 Å². The number of rotatable bonds is 6. The minimum absolute atomic E-state index is 0. The van der Waals surface area contributed by atoms with Crippen LogP contribution in [-0.4, -0.2) is 28.0 Å². The van der Waals surface area contributed by atoms with Crippen molar-refractivity contribution >= 4 is 40.0 Å². The minimum atomic E-state index is -3.68. The molecule has 0 aliphatic carbocycles. The maximum Gasteiger partial charge on any atom is 0.238 e. The van der Waals surface area contributed by atoms with Gasteiger partial charge in [-0.3, -0.25) is 4.99 Å². The Morgan fingerprint density at radius 3 is 2.15 bits per heavy atom. The molecule has 0 spiro atoms. The van der Waals surface area contributed by atoms with Gasteiger partial charge in [-0.2, -0.15) is 0 Å². The summed E-state index contributed by atoms with van der Waals surface area (Å²) in [5.74, 6) is 0.375. The first kappa shape index (κ1) is 22.3. The standard InChI is InChI=1S/C17H21FN4O2S.HI/c1-20-17(21-11-10-13-2-6-15(18)7-3-13)22-12-14-4-8-16(9-5-14)25(19,23)24;/h2-9H,10-12H2,1H3,(H2,19,23,24)(H2,20,21,22);1H. The van der Waals surface area contributed by atoms with Crippen LogP contribution >= 0.6 is 24.0 Å². The minimum Gasteiger partial charge on any atom is -0.356 e. The third kappa shape index (κ3) is 7.26. The molecule has 0 fully saturated rings. The Morgan fingerprint density at radius 1 is 1.04 bits per heavy atom. The van der Waals surface area contributed by atoms with Crippen LogP contribution in [0.1, 0.15) is 11.1 Å². The van der Waals surface area contributed by atoms with Gasteiger partial charge in [-0.25, -0.2) is 17.9 Å². The smallest absolute Gasteiger partial charge is 0.238 e. The zero-order chi connectivity index (χ0) is 18.3. The van der Waals surface area contributed by atoms with Gasteiger partial charge in [-0.05, 0) is 41.8 Å². The van der Waals surface area contributed by atoms with Crippen LogP contribution in [0.4, 0.5) is 4.39 Å². The summed E-state index contributed by atoms with van der Waals surface area (Å²) in [5.41, 5.74) is 1.93. The molecule has 2 aromatic rings. The van der Waals surface area contributed by atoms with Crippen LogP contribution in [0.2, 0.25) is 0 Å². The van der Waals surface area contributed by atoms with Gasteiger partial charge in [0.25, 0.3) is 0 Å². The first-order valence-electron chi connectivity index (χ1n) is 7.69. The van der Waals surface area contributed by atoms with Crippen LogP contribution < -0.4 is 15.8 Å². The number of nitrogens with zero attached hydrogens (tertiary/aromatic N) is 1. The van der Waals surface area contributed by atoms with Gasteiger partial charge in [0.15, 0.2) is 5.96 Å². The summed E-state index contributed by atoms with van der Waals surface area (Å²) in [7, 11) is -2.01. The zero-order valence-electron chi connectivity index (χ0n) is 14.3. The quantitative estimate of drug-likeness (QED) is 0.327. The van der Waals surface area contributed by atoms with E-state index < -0.39 is 10.0 Å². The van der Waals surface area contributed by atoms with Crippen LogP contribution in [0.25, 0.3) is 0 Å². The molecule has 2 rings (SSSR count). The second-order valence-corrected chi connectivity index (χ2v) is 6.98. The van der Waals surface area contributed by atoms with E-state index in [0.29, 0.717) is 19.0 Å². The maximum absolute atomic E-state index is 12.9. The molecule has 0 atom stereocenters. The number of benzene rings is 2.